The lowest BCUT2D eigenvalue weighted by atomic mass is 10.8. The first-order valence-electron chi connectivity index (χ1n) is 3.41. The number of esters is 1. The van der Waals surface area contributed by atoms with E-state index in [0.29, 0.717) is 0 Å². The number of hydrogen-bond acceptors (Lipinski definition) is 4. The van der Waals surface area contributed by atoms with E-state index in [0.717, 1.165) is 20.1 Å². The second-order valence-electron chi connectivity index (χ2n) is 1.81. The quantitative estimate of drug-likeness (QED) is 0.360. The molecule has 0 saturated carbocycles. The molecule has 15 heavy (non-hydrogen) atoms. The smallest absolute Gasteiger partial charge is 0.307 e. The molecule has 0 atom stereocenters. The predicted octanol–water partition coefficient (Wildman–Crippen LogP) is -0.577. The Morgan fingerprint density at radius 1 is 1.07 bits per heavy atom. The molecule has 0 aliphatic carbocycles. The molecule has 7 heteroatoms. The number of hydrogen-bond donors (Lipinski definition) is 2. The highest BCUT2D eigenvalue weighted by atomic mass is 28.1. The summed E-state index contributed by atoms with van der Waals surface area (Å²) < 4.78 is 4.17. The van der Waals surface area contributed by atoms with Crippen molar-refractivity contribution < 1.29 is 29.3 Å². The first kappa shape index (κ1) is 23.3. The summed E-state index contributed by atoms with van der Waals surface area (Å²) in [4.78, 5) is 27.8. The summed E-state index contributed by atoms with van der Waals surface area (Å²) in [7, 11) is 0. The molecule has 0 heterocycles. The van der Waals surface area contributed by atoms with Gasteiger partial charge in [-0.15, -0.1) is 0 Å². The third kappa shape index (κ3) is 711. The van der Waals surface area contributed by atoms with Gasteiger partial charge in [0.15, 0.2) is 0 Å². The SMILES string of the molecule is C=COC(C)=O.CC(=O)O.CC(=O)O.[SiH4]. The van der Waals surface area contributed by atoms with E-state index in [1.54, 1.807) is 0 Å². The van der Waals surface area contributed by atoms with E-state index in [-0.39, 0.29) is 16.9 Å². The summed E-state index contributed by atoms with van der Waals surface area (Å²) in [6, 6.07) is 0. The Labute approximate surface area is 92.6 Å². The number of ether oxygens (including phenoxy) is 1. The fourth-order valence-electron chi connectivity index (χ4n) is 0.117. The summed E-state index contributed by atoms with van der Waals surface area (Å²) in [5, 5.41) is 14.8. The van der Waals surface area contributed by atoms with E-state index in [2.05, 4.69) is 11.3 Å². The zero-order valence-corrected chi connectivity index (χ0v) is 8.31. The van der Waals surface area contributed by atoms with Gasteiger partial charge in [0.1, 0.15) is 0 Å². The van der Waals surface area contributed by atoms with Crippen LogP contribution in [0.5, 0.6) is 0 Å². The number of carboxylic acids is 2. The zero-order chi connectivity index (χ0) is 12.1. The van der Waals surface area contributed by atoms with Gasteiger partial charge in [0.2, 0.25) is 0 Å². The summed E-state index contributed by atoms with van der Waals surface area (Å²) >= 11 is 0. The van der Waals surface area contributed by atoms with Crippen molar-refractivity contribution >= 4 is 28.9 Å². The van der Waals surface area contributed by atoms with E-state index >= 15 is 0 Å². The van der Waals surface area contributed by atoms with Gasteiger partial charge in [-0.05, 0) is 11.0 Å². The van der Waals surface area contributed by atoms with Gasteiger partial charge in [0, 0.05) is 20.8 Å². The molecule has 0 fully saturated rings. The Bertz CT molecular complexity index is 181. The van der Waals surface area contributed by atoms with Gasteiger partial charge in [-0.3, -0.25) is 14.4 Å². The fourth-order valence-corrected chi connectivity index (χ4v) is 0.117. The van der Waals surface area contributed by atoms with Crippen molar-refractivity contribution in [2.45, 2.75) is 20.8 Å². The molecule has 0 aromatic rings. The number of aliphatic carboxylic acids is 2. The molecule has 0 amide bonds. The molecule has 0 aliphatic heterocycles. The topological polar surface area (TPSA) is 101 Å². The zero-order valence-electron chi connectivity index (χ0n) is 8.31. The van der Waals surface area contributed by atoms with Gasteiger partial charge in [-0.25, -0.2) is 0 Å². The molecule has 0 spiro atoms. The second kappa shape index (κ2) is 18.2. The Balaban J connectivity index is -0.0000000606. The van der Waals surface area contributed by atoms with Crippen molar-refractivity contribution in [3.8, 4) is 0 Å². The first-order valence-corrected chi connectivity index (χ1v) is 3.41. The molecule has 0 aromatic heterocycles. The van der Waals surface area contributed by atoms with Gasteiger partial charge >= 0.3 is 5.97 Å². The predicted molar refractivity (Wildman–Crippen MR) is 59.9 cm³/mol. The van der Waals surface area contributed by atoms with E-state index in [1.807, 2.05) is 0 Å². The normalized spacial score (nSPS) is 6.07. The van der Waals surface area contributed by atoms with Crippen molar-refractivity contribution in [1.29, 1.82) is 0 Å². The average Bonchev–Trinajstić information content (AvgIpc) is 1.82. The highest BCUT2D eigenvalue weighted by Crippen LogP contribution is 1.70. The van der Waals surface area contributed by atoms with Crippen LogP contribution in [0.4, 0.5) is 0 Å². The van der Waals surface area contributed by atoms with Crippen LogP contribution >= 0.6 is 0 Å². The molecule has 0 rings (SSSR count). The minimum Gasteiger partial charge on any atom is -0.481 e. The van der Waals surface area contributed by atoms with Crippen molar-refractivity contribution in [2.75, 3.05) is 0 Å². The Hall–Kier alpha value is -1.63. The van der Waals surface area contributed by atoms with Crippen LogP contribution in [0, 0.1) is 0 Å². The minimum absolute atomic E-state index is 0. The van der Waals surface area contributed by atoms with E-state index < -0.39 is 11.9 Å². The van der Waals surface area contributed by atoms with Crippen molar-refractivity contribution in [3.05, 3.63) is 12.8 Å². The minimum atomic E-state index is -0.833. The average molecular weight is 238 g/mol. The first-order chi connectivity index (χ1) is 6.23. The number of carbonyl (C=O) groups is 3. The maximum atomic E-state index is 9.75. The summed E-state index contributed by atoms with van der Waals surface area (Å²) in [5.41, 5.74) is 0. The van der Waals surface area contributed by atoms with Crippen LogP contribution in [-0.4, -0.2) is 39.1 Å². The van der Waals surface area contributed by atoms with Gasteiger partial charge < -0.3 is 14.9 Å². The Morgan fingerprint density at radius 3 is 1.27 bits per heavy atom. The molecule has 6 nitrogen and oxygen atoms in total. The summed E-state index contributed by atoms with van der Waals surface area (Å²) in [5.74, 6) is -2.00. The van der Waals surface area contributed by atoms with Crippen LogP contribution in [0.3, 0.4) is 0 Å². The lowest BCUT2D eigenvalue weighted by molar-refractivity contribution is -0.136. The summed E-state index contributed by atoms with van der Waals surface area (Å²) in [6.07, 6.45) is 1.10. The van der Waals surface area contributed by atoms with Crippen molar-refractivity contribution in [3.63, 3.8) is 0 Å². The molecule has 2 N–H and O–H groups in total. The van der Waals surface area contributed by atoms with Crippen LogP contribution in [0.2, 0.25) is 0 Å². The van der Waals surface area contributed by atoms with Gasteiger partial charge in [-0.2, -0.15) is 0 Å². The van der Waals surface area contributed by atoms with Gasteiger partial charge in [-0.1, -0.05) is 6.58 Å². The third-order valence-electron chi connectivity index (χ3n) is 0.249. The van der Waals surface area contributed by atoms with E-state index in [4.69, 9.17) is 19.8 Å². The molecule has 0 aromatic carbocycles. The Kier molecular flexibility index (Phi) is 28.3. The molecule has 0 saturated heterocycles. The van der Waals surface area contributed by atoms with Crippen molar-refractivity contribution in [2.24, 2.45) is 0 Å². The molecule has 0 bridgehead atoms. The highest BCUT2D eigenvalue weighted by molar-refractivity contribution is 5.75. The largest absolute Gasteiger partial charge is 0.481 e. The maximum absolute atomic E-state index is 9.75. The Morgan fingerprint density at radius 2 is 1.27 bits per heavy atom. The van der Waals surface area contributed by atoms with Gasteiger partial charge in [0.05, 0.1) is 6.26 Å². The van der Waals surface area contributed by atoms with Crippen LogP contribution in [0.15, 0.2) is 12.8 Å². The second-order valence-corrected chi connectivity index (χ2v) is 1.81. The third-order valence-corrected chi connectivity index (χ3v) is 0.249. The molecule has 0 unspecified atom stereocenters. The van der Waals surface area contributed by atoms with Crippen LogP contribution in [-0.2, 0) is 19.1 Å². The fraction of sp³-hybridized carbons (Fsp3) is 0.375. The van der Waals surface area contributed by atoms with E-state index in [1.165, 1.54) is 6.92 Å². The van der Waals surface area contributed by atoms with Crippen LogP contribution < -0.4 is 0 Å². The van der Waals surface area contributed by atoms with Crippen LogP contribution in [0.25, 0.3) is 0 Å². The molecule has 0 radical (unpaired) electrons. The van der Waals surface area contributed by atoms with Crippen LogP contribution in [0.1, 0.15) is 20.8 Å². The molecule has 0 aliphatic rings. The van der Waals surface area contributed by atoms with Crippen molar-refractivity contribution in [1.82, 2.24) is 0 Å². The number of carbonyl (C=O) groups excluding carboxylic acids is 1. The standard InChI is InChI=1S/C4H6O2.2C2H4O2.H4Si/c1-3-6-4(2)5;2*1-2(3)4;/h3H,1H2,2H3;2*1H3,(H,3,4);1H4. The highest BCUT2D eigenvalue weighted by Gasteiger charge is 1.79. The summed E-state index contributed by atoms with van der Waals surface area (Å²) in [6.45, 7) is 6.65. The molecular weight excluding hydrogens is 220 g/mol. The van der Waals surface area contributed by atoms with Gasteiger partial charge in [0.25, 0.3) is 11.9 Å². The molecule has 90 valence electrons. The maximum Gasteiger partial charge on any atom is 0.307 e. The number of rotatable bonds is 1. The van der Waals surface area contributed by atoms with E-state index in [9.17, 15) is 4.79 Å². The number of carboxylic acid groups (broad SMARTS) is 2. The lowest BCUT2D eigenvalue weighted by Crippen LogP contribution is -1.87. The lowest BCUT2D eigenvalue weighted by Gasteiger charge is -1.83. The molecular formula is C8H18O6Si. The monoisotopic (exact) mass is 238 g/mol.